The summed E-state index contributed by atoms with van der Waals surface area (Å²) in [6.45, 7) is 7.64. The Morgan fingerprint density at radius 1 is 1.14 bits per heavy atom. The lowest BCUT2D eigenvalue weighted by atomic mass is 9.89. The van der Waals surface area contributed by atoms with Crippen LogP contribution in [0, 0.1) is 5.41 Å². The summed E-state index contributed by atoms with van der Waals surface area (Å²) in [5.74, 6) is 0.738. The summed E-state index contributed by atoms with van der Waals surface area (Å²) in [6.07, 6.45) is -0.961. The van der Waals surface area contributed by atoms with Crippen molar-refractivity contribution in [3.63, 3.8) is 0 Å². The third kappa shape index (κ3) is 3.39. The van der Waals surface area contributed by atoms with E-state index in [1.807, 2.05) is 63.2 Å². The zero-order valence-electron chi connectivity index (χ0n) is 16.6. The number of nitrogen functional groups attached to an aromatic ring is 1. The van der Waals surface area contributed by atoms with Gasteiger partial charge in [0.25, 0.3) is 0 Å². The van der Waals surface area contributed by atoms with Crippen molar-refractivity contribution in [3.05, 3.63) is 48.0 Å². The lowest BCUT2D eigenvalue weighted by molar-refractivity contribution is -0.0431. The van der Waals surface area contributed by atoms with Crippen LogP contribution in [0.15, 0.2) is 42.5 Å². The number of benzene rings is 2. The third-order valence-corrected chi connectivity index (χ3v) is 5.24. The predicted octanol–water partition coefficient (Wildman–Crippen LogP) is 3.74. The second kappa shape index (κ2) is 7.20. The molecule has 1 fully saturated rings. The highest BCUT2D eigenvalue weighted by Gasteiger charge is 2.28. The number of fused-ring (bicyclic) bond motifs is 1. The van der Waals surface area contributed by atoms with Crippen LogP contribution in [0.3, 0.4) is 0 Å². The number of para-hydroxylation sites is 2. The largest absolute Gasteiger partial charge is 0.398 e. The molecule has 1 saturated heterocycles. The topological polar surface area (TPSA) is 82.5 Å². The fourth-order valence-electron chi connectivity index (χ4n) is 3.43. The van der Waals surface area contributed by atoms with Crippen molar-refractivity contribution in [3.8, 4) is 11.4 Å². The summed E-state index contributed by atoms with van der Waals surface area (Å²) >= 11 is 0. The van der Waals surface area contributed by atoms with Gasteiger partial charge >= 0.3 is 0 Å². The molecule has 28 heavy (non-hydrogen) atoms. The number of rotatable bonds is 4. The first-order chi connectivity index (χ1) is 13.4. The Kier molecular flexibility index (Phi) is 4.87. The van der Waals surface area contributed by atoms with Crippen molar-refractivity contribution in [1.29, 1.82) is 0 Å². The summed E-state index contributed by atoms with van der Waals surface area (Å²) in [5.41, 5.74) is 10.1. The molecule has 0 amide bonds. The molecule has 0 radical (unpaired) electrons. The van der Waals surface area contributed by atoms with Crippen molar-refractivity contribution >= 4 is 16.7 Å². The van der Waals surface area contributed by atoms with E-state index in [0.717, 1.165) is 28.0 Å². The van der Waals surface area contributed by atoms with Crippen LogP contribution in [-0.2, 0) is 16.0 Å². The van der Waals surface area contributed by atoms with E-state index in [1.54, 1.807) is 0 Å². The van der Waals surface area contributed by atoms with E-state index in [-0.39, 0.29) is 5.41 Å². The fourth-order valence-corrected chi connectivity index (χ4v) is 3.43. The van der Waals surface area contributed by atoms with Gasteiger partial charge in [0, 0.05) is 16.8 Å². The summed E-state index contributed by atoms with van der Waals surface area (Å²) in [6, 6.07) is 13.6. The van der Waals surface area contributed by atoms with Crippen molar-refractivity contribution in [2.75, 3.05) is 18.9 Å². The molecule has 0 unspecified atom stereocenters. The number of ether oxygens (including phenoxy) is 2. The maximum atomic E-state index is 10.8. The quantitative estimate of drug-likeness (QED) is 0.673. The molecule has 1 aromatic heterocycles. The maximum absolute atomic E-state index is 10.8. The number of hydrogen-bond donors (Lipinski definition) is 2. The van der Waals surface area contributed by atoms with Crippen LogP contribution in [0.2, 0.25) is 0 Å². The monoisotopic (exact) mass is 381 g/mol. The molecule has 0 saturated carbocycles. The van der Waals surface area contributed by atoms with E-state index in [0.29, 0.717) is 25.4 Å². The molecule has 3 aromatic rings. The van der Waals surface area contributed by atoms with Crippen LogP contribution in [0.25, 0.3) is 22.4 Å². The molecule has 148 valence electrons. The second-order valence-corrected chi connectivity index (χ2v) is 8.30. The minimum atomic E-state index is -0.545. The van der Waals surface area contributed by atoms with Crippen molar-refractivity contribution < 1.29 is 14.6 Å². The Labute approximate surface area is 164 Å². The Morgan fingerprint density at radius 3 is 2.54 bits per heavy atom. The average molecular weight is 381 g/mol. The fraction of sp³-hybridized carbons (Fsp3) is 0.409. The van der Waals surface area contributed by atoms with E-state index in [2.05, 4.69) is 4.57 Å². The number of imidazole rings is 1. The van der Waals surface area contributed by atoms with Crippen LogP contribution < -0.4 is 5.73 Å². The first-order valence-electron chi connectivity index (χ1n) is 9.61. The molecule has 2 aromatic carbocycles. The number of anilines is 1. The van der Waals surface area contributed by atoms with Crippen molar-refractivity contribution in [2.45, 2.75) is 39.7 Å². The number of nitrogens with two attached hydrogens (primary N) is 1. The van der Waals surface area contributed by atoms with Crippen LogP contribution in [0.5, 0.6) is 0 Å². The zero-order chi connectivity index (χ0) is 19.9. The van der Waals surface area contributed by atoms with E-state index in [1.165, 1.54) is 0 Å². The van der Waals surface area contributed by atoms with Gasteiger partial charge in [-0.05, 0) is 23.6 Å². The molecule has 3 N–H and O–H groups in total. The minimum Gasteiger partial charge on any atom is -0.398 e. The van der Waals surface area contributed by atoms with Crippen LogP contribution >= 0.6 is 0 Å². The Balaban J connectivity index is 1.92. The molecule has 1 atom stereocenters. The summed E-state index contributed by atoms with van der Waals surface area (Å²) < 4.78 is 13.5. The van der Waals surface area contributed by atoms with Crippen LogP contribution in [0.1, 0.15) is 32.6 Å². The van der Waals surface area contributed by atoms with Gasteiger partial charge in [0.05, 0.1) is 36.9 Å². The van der Waals surface area contributed by atoms with E-state index in [9.17, 15) is 5.11 Å². The second-order valence-electron chi connectivity index (χ2n) is 8.30. The van der Waals surface area contributed by atoms with Gasteiger partial charge in [-0.1, -0.05) is 45.0 Å². The van der Waals surface area contributed by atoms with Crippen molar-refractivity contribution in [1.82, 2.24) is 9.55 Å². The predicted molar refractivity (Wildman–Crippen MR) is 110 cm³/mol. The summed E-state index contributed by atoms with van der Waals surface area (Å²) in [5, 5.41) is 10.8. The van der Waals surface area contributed by atoms with Gasteiger partial charge in [-0.3, -0.25) is 0 Å². The Hall–Kier alpha value is -2.41. The Morgan fingerprint density at radius 2 is 1.86 bits per heavy atom. The molecule has 0 bridgehead atoms. The van der Waals surface area contributed by atoms with Gasteiger partial charge in [-0.25, -0.2) is 4.98 Å². The van der Waals surface area contributed by atoms with Crippen LogP contribution in [0.4, 0.5) is 5.69 Å². The summed E-state index contributed by atoms with van der Waals surface area (Å²) in [4.78, 5) is 4.94. The molecule has 6 heteroatoms. The number of nitrogens with zero attached hydrogens (tertiary/aromatic N) is 2. The number of aromatic nitrogens is 2. The highest BCUT2D eigenvalue weighted by atomic mass is 16.7. The molecular weight excluding hydrogens is 354 g/mol. The molecule has 2 heterocycles. The van der Waals surface area contributed by atoms with Gasteiger partial charge in [-0.2, -0.15) is 0 Å². The SMILES string of the molecule is CC(C)(C)[C@H](O)Cn1c(-c2ccccc2N)nc2c(C3OCCO3)cccc21. The first kappa shape index (κ1) is 18.9. The van der Waals surface area contributed by atoms with Gasteiger partial charge < -0.3 is 24.9 Å². The lowest BCUT2D eigenvalue weighted by Gasteiger charge is -2.27. The maximum Gasteiger partial charge on any atom is 0.186 e. The standard InChI is InChI=1S/C22H27N3O3/c1-22(2,3)18(26)13-25-17-10-6-8-15(21-27-11-12-28-21)19(17)24-20(25)14-7-4-5-9-16(14)23/h4-10,18,21,26H,11-13,23H2,1-3H3/t18-/m1/s1. The van der Waals surface area contributed by atoms with E-state index in [4.69, 9.17) is 20.2 Å². The average Bonchev–Trinajstić information content (AvgIpc) is 3.30. The molecule has 1 aliphatic heterocycles. The third-order valence-electron chi connectivity index (χ3n) is 5.24. The molecule has 4 rings (SSSR count). The number of hydrogen-bond acceptors (Lipinski definition) is 5. The number of aliphatic hydroxyl groups is 1. The highest BCUT2D eigenvalue weighted by molar-refractivity contribution is 5.86. The Bertz CT molecular complexity index is 984. The zero-order valence-corrected chi connectivity index (χ0v) is 16.6. The van der Waals surface area contributed by atoms with E-state index < -0.39 is 12.4 Å². The van der Waals surface area contributed by atoms with Crippen molar-refractivity contribution in [2.24, 2.45) is 5.41 Å². The molecular formula is C22H27N3O3. The van der Waals surface area contributed by atoms with Gasteiger partial charge in [-0.15, -0.1) is 0 Å². The molecule has 0 aliphatic carbocycles. The molecule has 1 aliphatic rings. The lowest BCUT2D eigenvalue weighted by Crippen LogP contribution is -2.30. The smallest absolute Gasteiger partial charge is 0.186 e. The van der Waals surface area contributed by atoms with Gasteiger partial charge in [0.2, 0.25) is 0 Å². The highest BCUT2D eigenvalue weighted by Crippen LogP contribution is 2.35. The van der Waals surface area contributed by atoms with Gasteiger partial charge in [0.15, 0.2) is 6.29 Å². The number of aliphatic hydroxyl groups excluding tert-OH is 1. The summed E-state index contributed by atoms with van der Waals surface area (Å²) in [7, 11) is 0. The van der Waals surface area contributed by atoms with Crippen LogP contribution in [-0.4, -0.2) is 34.0 Å². The van der Waals surface area contributed by atoms with Gasteiger partial charge in [0.1, 0.15) is 5.82 Å². The first-order valence-corrected chi connectivity index (χ1v) is 9.61. The normalized spacial score (nSPS) is 16.7. The van der Waals surface area contributed by atoms with E-state index >= 15 is 0 Å². The minimum absolute atomic E-state index is 0.259. The molecule has 6 nitrogen and oxygen atoms in total. The molecule has 0 spiro atoms.